The zero-order valence-corrected chi connectivity index (χ0v) is 12.6. The molecule has 0 spiro atoms. The molecule has 0 saturated heterocycles. The molecule has 7 heteroatoms. The van der Waals surface area contributed by atoms with Crippen molar-refractivity contribution in [2.24, 2.45) is 5.73 Å². The fraction of sp³-hybridized carbons (Fsp3) is 0.667. The van der Waals surface area contributed by atoms with Gasteiger partial charge < -0.3 is 15.2 Å². The van der Waals surface area contributed by atoms with E-state index >= 15 is 0 Å². The van der Waals surface area contributed by atoms with Crippen LogP contribution in [0.1, 0.15) is 32.9 Å². The van der Waals surface area contributed by atoms with Gasteiger partial charge in [-0.25, -0.2) is 9.78 Å². The molecule has 3 N–H and O–H groups in total. The topological polar surface area (TPSA) is 86.5 Å². The molecule has 0 unspecified atom stereocenters. The van der Waals surface area contributed by atoms with Crippen LogP contribution in [-0.2, 0) is 4.74 Å². The maximum atomic E-state index is 11.6. The predicted octanol–water partition coefficient (Wildman–Crippen LogP) is 2.53. The summed E-state index contributed by atoms with van der Waals surface area (Å²) in [5.41, 5.74) is 5.61. The molecule has 0 aliphatic rings. The van der Waals surface area contributed by atoms with Gasteiger partial charge in [0, 0.05) is 0 Å². The predicted molar refractivity (Wildman–Crippen MR) is 75.9 cm³/mol. The van der Waals surface area contributed by atoms with E-state index in [1.165, 1.54) is 11.3 Å². The van der Waals surface area contributed by atoms with E-state index in [-0.39, 0.29) is 0 Å². The number of aromatic nitrogens is 1. The zero-order valence-electron chi connectivity index (χ0n) is 11.8. The van der Waals surface area contributed by atoms with Gasteiger partial charge in [-0.2, -0.15) is 0 Å². The summed E-state index contributed by atoms with van der Waals surface area (Å²) in [4.78, 5) is 15.8. The molecule has 0 aliphatic carbocycles. The summed E-state index contributed by atoms with van der Waals surface area (Å²) in [6.07, 6.45) is 0.265. The molecule has 19 heavy (non-hydrogen) atoms. The van der Waals surface area contributed by atoms with Gasteiger partial charge in [-0.05, 0) is 40.7 Å². The minimum absolute atomic E-state index is 0.467. The average molecular weight is 287 g/mol. The van der Waals surface area contributed by atoms with Crippen LogP contribution < -0.4 is 15.8 Å². The quantitative estimate of drug-likeness (QED) is 0.813. The van der Waals surface area contributed by atoms with Crippen molar-refractivity contribution in [2.75, 3.05) is 18.5 Å². The molecule has 0 atom stereocenters. The molecule has 0 bridgehead atoms. The Bertz CT molecular complexity index is 426. The van der Waals surface area contributed by atoms with Crippen LogP contribution in [0.5, 0.6) is 5.06 Å². The lowest BCUT2D eigenvalue weighted by Crippen LogP contribution is -2.27. The number of aryl methyl sites for hydroxylation is 1. The summed E-state index contributed by atoms with van der Waals surface area (Å²) in [7, 11) is 0. The molecule has 0 aromatic carbocycles. The fourth-order valence-corrected chi connectivity index (χ4v) is 2.04. The van der Waals surface area contributed by atoms with E-state index in [4.69, 9.17) is 15.2 Å². The Balaban J connectivity index is 2.55. The van der Waals surface area contributed by atoms with Gasteiger partial charge in [0.2, 0.25) is 0 Å². The van der Waals surface area contributed by atoms with Gasteiger partial charge in [-0.1, -0.05) is 11.3 Å². The van der Waals surface area contributed by atoms with Gasteiger partial charge in [-0.15, -0.1) is 0 Å². The van der Waals surface area contributed by atoms with Crippen LogP contribution in [0.2, 0.25) is 0 Å². The van der Waals surface area contributed by atoms with E-state index in [0.717, 1.165) is 12.1 Å². The third kappa shape index (κ3) is 5.89. The highest BCUT2D eigenvalue weighted by Gasteiger charge is 2.18. The normalized spacial score (nSPS) is 11.2. The van der Waals surface area contributed by atoms with Gasteiger partial charge in [0.15, 0.2) is 10.2 Å². The van der Waals surface area contributed by atoms with Crippen LogP contribution in [0, 0.1) is 6.92 Å². The van der Waals surface area contributed by atoms with Gasteiger partial charge >= 0.3 is 6.09 Å². The lowest BCUT2D eigenvalue weighted by Gasteiger charge is -2.18. The van der Waals surface area contributed by atoms with Gasteiger partial charge in [0.05, 0.1) is 12.3 Å². The Morgan fingerprint density at radius 3 is 2.74 bits per heavy atom. The maximum absolute atomic E-state index is 11.6. The van der Waals surface area contributed by atoms with E-state index in [2.05, 4.69) is 10.3 Å². The lowest BCUT2D eigenvalue weighted by molar-refractivity contribution is 0.0636. The van der Waals surface area contributed by atoms with Crippen molar-refractivity contribution < 1.29 is 14.3 Å². The van der Waals surface area contributed by atoms with E-state index in [1.54, 1.807) is 20.8 Å². The van der Waals surface area contributed by atoms with Crippen molar-refractivity contribution >= 4 is 22.6 Å². The van der Waals surface area contributed by atoms with Crippen molar-refractivity contribution in [3.8, 4) is 5.06 Å². The molecule has 1 amide bonds. The first kappa shape index (κ1) is 15.7. The second-order valence-electron chi connectivity index (χ2n) is 5.01. The molecule has 1 aromatic heterocycles. The van der Waals surface area contributed by atoms with Crippen molar-refractivity contribution in [3.63, 3.8) is 0 Å². The molecule has 0 saturated carbocycles. The molecule has 6 nitrogen and oxygen atoms in total. The molecular formula is C12H21N3O3S. The number of nitrogens with zero attached hydrogens (tertiary/aromatic N) is 1. The second-order valence-corrected chi connectivity index (χ2v) is 5.97. The molecule has 1 aromatic rings. The van der Waals surface area contributed by atoms with Crippen LogP contribution >= 0.6 is 11.3 Å². The second kappa shape index (κ2) is 6.72. The lowest BCUT2D eigenvalue weighted by atomic mass is 10.2. The van der Waals surface area contributed by atoms with E-state index in [9.17, 15) is 4.79 Å². The summed E-state index contributed by atoms with van der Waals surface area (Å²) < 4.78 is 10.7. The van der Waals surface area contributed by atoms with Crippen molar-refractivity contribution in [1.29, 1.82) is 0 Å². The number of carbonyl (C=O) groups excluding carboxylic acids is 1. The van der Waals surface area contributed by atoms with E-state index < -0.39 is 11.7 Å². The van der Waals surface area contributed by atoms with Crippen molar-refractivity contribution in [1.82, 2.24) is 4.98 Å². The SMILES string of the molecule is Cc1nc(NC(=O)OC(C)(C)C)sc1OCCCN. The first-order valence-electron chi connectivity index (χ1n) is 6.12. The number of thiazole rings is 1. The number of hydrogen-bond acceptors (Lipinski definition) is 6. The summed E-state index contributed by atoms with van der Waals surface area (Å²) in [6.45, 7) is 8.38. The summed E-state index contributed by atoms with van der Waals surface area (Å²) in [5, 5.41) is 3.75. The number of carbonyl (C=O) groups is 1. The smallest absolute Gasteiger partial charge is 0.413 e. The van der Waals surface area contributed by atoms with Crippen molar-refractivity contribution in [2.45, 2.75) is 39.7 Å². The molecule has 0 fully saturated rings. The highest BCUT2D eigenvalue weighted by molar-refractivity contribution is 7.17. The Morgan fingerprint density at radius 1 is 1.47 bits per heavy atom. The summed E-state index contributed by atoms with van der Waals surface area (Å²) in [5.74, 6) is 0. The van der Waals surface area contributed by atoms with Gasteiger partial charge in [-0.3, -0.25) is 5.32 Å². The minimum atomic E-state index is -0.531. The Kier molecular flexibility index (Phi) is 5.56. The minimum Gasteiger partial charge on any atom is -0.482 e. The number of rotatable bonds is 5. The molecule has 1 rings (SSSR count). The number of amides is 1. The van der Waals surface area contributed by atoms with Crippen LogP contribution in [0.3, 0.4) is 0 Å². The first-order chi connectivity index (χ1) is 8.81. The summed E-state index contributed by atoms with van der Waals surface area (Å²) >= 11 is 1.28. The first-order valence-corrected chi connectivity index (χ1v) is 6.94. The van der Waals surface area contributed by atoms with Crippen LogP contribution in [0.4, 0.5) is 9.93 Å². The Hall–Kier alpha value is -1.34. The number of anilines is 1. The third-order valence-electron chi connectivity index (χ3n) is 1.94. The maximum Gasteiger partial charge on any atom is 0.413 e. The van der Waals surface area contributed by atoms with Gasteiger partial charge in [0.1, 0.15) is 5.60 Å². The highest BCUT2D eigenvalue weighted by Crippen LogP contribution is 2.30. The number of nitrogens with two attached hydrogens (primary N) is 1. The molecule has 1 heterocycles. The summed E-state index contributed by atoms with van der Waals surface area (Å²) in [6, 6.07) is 0. The van der Waals surface area contributed by atoms with E-state index in [1.807, 2.05) is 6.92 Å². The molecule has 0 aliphatic heterocycles. The van der Waals surface area contributed by atoms with Crippen LogP contribution in [0.15, 0.2) is 0 Å². The highest BCUT2D eigenvalue weighted by atomic mass is 32.1. The standard InChI is InChI=1S/C12H21N3O3S/c1-8-9(17-7-5-6-13)19-10(14-8)15-11(16)18-12(2,3)4/h5-7,13H2,1-4H3,(H,14,15,16). The molecular weight excluding hydrogens is 266 g/mol. The molecule has 0 radical (unpaired) electrons. The van der Waals surface area contributed by atoms with Crippen LogP contribution in [0.25, 0.3) is 0 Å². The third-order valence-corrected chi connectivity index (χ3v) is 2.93. The average Bonchev–Trinajstić information content (AvgIpc) is 2.56. The number of ether oxygens (including phenoxy) is 2. The Morgan fingerprint density at radius 2 is 2.16 bits per heavy atom. The van der Waals surface area contributed by atoms with E-state index in [0.29, 0.717) is 23.3 Å². The fourth-order valence-electron chi connectivity index (χ4n) is 1.21. The van der Waals surface area contributed by atoms with Crippen molar-refractivity contribution in [3.05, 3.63) is 5.69 Å². The molecule has 108 valence electrons. The number of nitrogens with one attached hydrogen (secondary N) is 1. The van der Waals surface area contributed by atoms with Gasteiger partial charge in [0.25, 0.3) is 0 Å². The largest absolute Gasteiger partial charge is 0.482 e. The number of hydrogen-bond donors (Lipinski definition) is 2. The Labute approximate surface area is 117 Å². The van der Waals surface area contributed by atoms with Crippen LogP contribution in [-0.4, -0.2) is 29.8 Å². The zero-order chi connectivity index (χ0) is 14.5. The monoisotopic (exact) mass is 287 g/mol.